The molecular formula is C14H15BrN2O5. The Morgan fingerprint density at radius 3 is 2.73 bits per heavy atom. The highest BCUT2D eigenvalue weighted by molar-refractivity contribution is 9.10. The van der Waals surface area contributed by atoms with Gasteiger partial charge in [0.05, 0.1) is 12.7 Å². The first-order chi connectivity index (χ1) is 10.5. The number of carbonyl (C=O) groups excluding carboxylic acids is 3. The van der Waals surface area contributed by atoms with E-state index in [0.29, 0.717) is 10.2 Å². The quantitative estimate of drug-likeness (QED) is 0.586. The second kappa shape index (κ2) is 8.83. The Balaban J connectivity index is 2.54. The van der Waals surface area contributed by atoms with Crippen molar-refractivity contribution in [3.63, 3.8) is 0 Å². The highest BCUT2D eigenvalue weighted by Crippen LogP contribution is 2.23. The summed E-state index contributed by atoms with van der Waals surface area (Å²) < 4.78 is 10.3. The van der Waals surface area contributed by atoms with Crippen LogP contribution in [0.1, 0.15) is 10.4 Å². The van der Waals surface area contributed by atoms with Crippen molar-refractivity contribution in [1.29, 1.82) is 0 Å². The summed E-state index contributed by atoms with van der Waals surface area (Å²) in [4.78, 5) is 34.6. The number of benzene rings is 1. The average molecular weight is 371 g/mol. The van der Waals surface area contributed by atoms with Crippen molar-refractivity contribution < 1.29 is 23.9 Å². The number of methoxy groups -OCH3 is 1. The van der Waals surface area contributed by atoms with Crippen LogP contribution in [0, 0.1) is 0 Å². The number of ether oxygens (including phenoxy) is 2. The van der Waals surface area contributed by atoms with Gasteiger partial charge in [-0.05, 0) is 34.1 Å². The minimum absolute atomic E-state index is 0.211. The van der Waals surface area contributed by atoms with E-state index in [0.717, 1.165) is 0 Å². The Labute approximate surface area is 135 Å². The zero-order chi connectivity index (χ0) is 16.5. The van der Waals surface area contributed by atoms with Gasteiger partial charge in [0.1, 0.15) is 5.75 Å². The van der Waals surface area contributed by atoms with E-state index in [2.05, 4.69) is 27.8 Å². The lowest BCUT2D eigenvalue weighted by atomic mass is 10.2. The molecule has 2 N–H and O–H groups in total. The molecule has 0 heterocycles. The van der Waals surface area contributed by atoms with Crippen molar-refractivity contribution in [2.75, 3.05) is 20.3 Å². The summed E-state index contributed by atoms with van der Waals surface area (Å²) >= 11 is 3.21. The molecule has 0 aliphatic rings. The van der Waals surface area contributed by atoms with Gasteiger partial charge in [-0.3, -0.25) is 10.1 Å². The molecule has 0 spiro atoms. The fourth-order valence-corrected chi connectivity index (χ4v) is 1.78. The molecule has 1 rings (SSSR count). The van der Waals surface area contributed by atoms with Crippen LogP contribution in [0.25, 0.3) is 0 Å². The maximum absolute atomic E-state index is 11.9. The number of amides is 3. The maximum atomic E-state index is 11.9. The second-order valence-corrected chi connectivity index (χ2v) is 4.82. The number of hydrogen-bond donors (Lipinski definition) is 2. The molecule has 0 unspecified atom stereocenters. The molecule has 0 radical (unpaired) electrons. The van der Waals surface area contributed by atoms with Crippen molar-refractivity contribution in [2.45, 2.75) is 0 Å². The molecule has 0 fully saturated rings. The number of rotatable bonds is 6. The summed E-state index contributed by atoms with van der Waals surface area (Å²) in [5, 5.41) is 4.36. The summed E-state index contributed by atoms with van der Waals surface area (Å²) in [6.45, 7) is 3.05. The van der Waals surface area contributed by atoms with E-state index in [4.69, 9.17) is 9.47 Å². The lowest BCUT2D eigenvalue weighted by Gasteiger charge is -2.08. The third-order valence-corrected chi connectivity index (χ3v) is 3.08. The zero-order valence-corrected chi connectivity index (χ0v) is 13.4. The van der Waals surface area contributed by atoms with Gasteiger partial charge < -0.3 is 14.8 Å². The predicted octanol–water partition coefficient (Wildman–Crippen LogP) is 1.63. The highest BCUT2D eigenvalue weighted by Gasteiger charge is 2.15. The third-order valence-electron chi connectivity index (χ3n) is 2.39. The van der Waals surface area contributed by atoms with Crippen molar-refractivity contribution in [1.82, 2.24) is 10.6 Å². The van der Waals surface area contributed by atoms with Gasteiger partial charge in [0.15, 0.2) is 6.61 Å². The van der Waals surface area contributed by atoms with Crippen LogP contribution in [0.15, 0.2) is 35.3 Å². The van der Waals surface area contributed by atoms with E-state index in [9.17, 15) is 14.4 Å². The average Bonchev–Trinajstić information content (AvgIpc) is 2.51. The number of hydrogen-bond acceptors (Lipinski definition) is 5. The molecule has 0 saturated heterocycles. The fraction of sp³-hybridized carbons (Fsp3) is 0.214. The molecule has 3 amide bonds. The lowest BCUT2D eigenvalue weighted by Crippen LogP contribution is -2.41. The molecule has 0 atom stereocenters. The molecule has 1 aromatic carbocycles. The van der Waals surface area contributed by atoms with Crippen molar-refractivity contribution in [2.24, 2.45) is 0 Å². The van der Waals surface area contributed by atoms with Crippen LogP contribution in [-0.4, -0.2) is 38.2 Å². The normalized spacial score (nSPS) is 9.55. The van der Waals surface area contributed by atoms with Gasteiger partial charge in [0, 0.05) is 11.0 Å². The molecule has 0 aliphatic carbocycles. The van der Waals surface area contributed by atoms with Crippen molar-refractivity contribution in [3.8, 4) is 5.75 Å². The fourth-order valence-electron chi connectivity index (χ4n) is 1.37. The lowest BCUT2D eigenvalue weighted by molar-refractivity contribution is -0.123. The predicted molar refractivity (Wildman–Crippen MR) is 82.7 cm³/mol. The van der Waals surface area contributed by atoms with Crippen molar-refractivity contribution in [3.05, 3.63) is 40.9 Å². The smallest absolute Gasteiger partial charge is 0.339 e. The topological polar surface area (TPSA) is 93.7 Å². The van der Waals surface area contributed by atoms with Gasteiger partial charge in [-0.25, -0.2) is 9.59 Å². The van der Waals surface area contributed by atoms with Crippen LogP contribution in [0.2, 0.25) is 0 Å². The SMILES string of the molecule is C=CCNC(=O)NC(=O)COC(=O)c1cc(OC)ccc1Br. The molecule has 7 nitrogen and oxygen atoms in total. The highest BCUT2D eigenvalue weighted by atomic mass is 79.9. The summed E-state index contributed by atoms with van der Waals surface area (Å²) in [6.07, 6.45) is 1.46. The first kappa shape index (κ1) is 17.7. The van der Waals surface area contributed by atoms with Gasteiger partial charge in [0.2, 0.25) is 0 Å². The molecule has 22 heavy (non-hydrogen) atoms. The summed E-state index contributed by atoms with van der Waals surface area (Å²) in [5.74, 6) is -0.982. The van der Waals surface area contributed by atoms with Crippen LogP contribution in [0.4, 0.5) is 4.79 Å². The van der Waals surface area contributed by atoms with Gasteiger partial charge in [-0.15, -0.1) is 6.58 Å². The minimum atomic E-state index is -0.742. The third kappa shape index (κ3) is 5.57. The number of halogens is 1. The Bertz CT molecular complexity index is 589. The summed E-state index contributed by atoms with van der Waals surface area (Å²) in [6, 6.07) is 4.07. The van der Waals surface area contributed by atoms with E-state index in [-0.39, 0.29) is 12.1 Å². The van der Waals surface area contributed by atoms with E-state index in [1.807, 2.05) is 5.32 Å². The molecule has 118 valence electrons. The first-order valence-corrected chi connectivity index (χ1v) is 6.96. The maximum Gasteiger partial charge on any atom is 0.339 e. The number of imide groups is 1. The minimum Gasteiger partial charge on any atom is -0.497 e. The molecule has 0 saturated carbocycles. The first-order valence-electron chi connectivity index (χ1n) is 6.17. The van der Waals surface area contributed by atoms with Crippen LogP contribution < -0.4 is 15.4 Å². The molecular weight excluding hydrogens is 356 g/mol. The number of esters is 1. The van der Waals surface area contributed by atoms with Crippen LogP contribution >= 0.6 is 15.9 Å². The van der Waals surface area contributed by atoms with E-state index in [1.54, 1.807) is 12.1 Å². The largest absolute Gasteiger partial charge is 0.497 e. The van der Waals surface area contributed by atoms with Gasteiger partial charge in [-0.1, -0.05) is 6.08 Å². The van der Waals surface area contributed by atoms with Gasteiger partial charge in [0.25, 0.3) is 5.91 Å². The van der Waals surface area contributed by atoms with E-state index < -0.39 is 24.5 Å². The van der Waals surface area contributed by atoms with Gasteiger partial charge >= 0.3 is 12.0 Å². The van der Waals surface area contributed by atoms with E-state index >= 15 is 0 Å². The van der Waals surface area contributed by atoms with Gasteiger partial charge in [-0.2, -0.15) is 0 Å². The number of carbonyl (C=O) groups is 3. The van der Waals surface area contributed by atoms with Crippen molar-refractivity contribution >= 4 is 33.8 Å². The zero-order valence-electron chi connectivity index (χ0n) is 11.8. The molecule has 8 heteroatoms. The Kier molecular flexibility index (Phi) is 7.11. The molecule has 0 aromatic heterocycles. The van der Waals surface area contributed by atoms with Crippen LogP contribution in [-0.2, 0) is 9.53 Å². The van der Waals surface area contributed by atoms with Crippen LogP contribution in [0.5, 0.6) is 5.75 Å². The summed E-state index contributed by atoms with van der Waals surface area (Å²) in [7, 11) is 1.47. The second-order valence-electron chi connectivity index (χ2n) is 3.97. The van der Waals surface area contributed by atoms with Crippen LogP contribution in [0.3, 0.4) is 0 Å². The summed E-state index contributed by atoms with van der Waals surface area (Å²) in [5.41, 5.74) is 0.211. The number of nitrogens with one attached hydrogen (secondary N) is 2. The van der Waals surface area contributed by atoms with E-state index in [1.165, 1.54) is 19.3 Å². The molecule has 0 bridgehead atoms. The Hall–Kier alpha value is -2.35. The Morgan fingerprint density at radius 2 is 2.09 bits per heavy atom. The monoisotopic (exact) mass is 370 g/mol. The Morgan fingerprint density at radius 1 is 1.36 bits per heavy atom. The molecule has 0 aliphatic heterocycles. The standard InChI is InChI=1S/C14H15BrN2O5/c1-3-6-16-14(20)17-12(18)8-22-13(19)10-7-9(21-2)4-5-11(10)15/h3-5,7H,1,6,8H2,2H3,(H2,16,17,18,20). The number of urea groups is 1. The molecule has 1 aromatic rings.